The van der Waals surface area contributed by atoms with Gasteiger partial charge < -0.3 is 15.4 Å². The number of benzene rings is 1. The zero-order chi connectivity index (χ0) is 18.9. The summed E-state index contributed by atoms with van der Waals surface area (Å²) in [6.45, 7) is 7.29. The lowest BCUT2D eigenvalue weighted by atomic mass is 10.2. The fourth-order valence-corrected chi connectivity index (χ4v) is 3.56. The Morgan fingerprint density at radius 3 is 2.89 bits per heavy atom. The fourth-order valence-electron chi connectivity index (χ4n) is 2.74. The minimum absolute atomic E-state index is 0.613. The highest BCUT2D eigenvalue weighted by molar-refractivity contribution is 7.09. The van der Waals surface area contributed by atoms with E-state index in [1.165, 1.54) is 17.8 Å². The van der Waals surface area contributed by atoms with Crippen LogP contribution in [0.15, 0.2) is 34.6 Å². The van der Waals surface area contributed by atoms with Crippen molar-refractivity contribution in [2.75, 3.05) is 19.7 Å². The SMILES string of the molecule is CCNC(=NCc1ccccc1OCC1CC1)NCCCc1nc(C)cs1. The van der Waals surface area contributed by atoms with Crippen LogP contribution in [-0.4, -0.2) is 30.6 Å². The molecule has 0 atom stereocenters. The van der Waals surface area contributed by atoms with E-state index in [0.717, 1.165) is 61.4 Å². The van der Waals surface area contributed by atoms with Crippen LogP contribution in [0.4, 0.5) is 0 Å². The van der Waals surface area contributed by atoms with Crippen molar-refractivity contribution >= 4 is 17.3 Å². The van der Waals surface area contributed by atoms with Crippen molar-refractivity contribution in [1.82, 2.24) is 15.6 Å². The van der Waals surface area contributed by atoms with Crippen molar-refractivity contribution in [2.45, 2.75) is 46.1 Å². The van der Waals surface area contributed by atoms with E-state index in [9.17, 15) is 0 Å². The molecule has 27 heavy (non-hydrogen) atoms. The lowest BCUT2D eigenvalue weighted by Crippen LogP contribution is -2.37. The summed E-state index contributed by atoms with van der Waals surface area (Å²) in [6, 6.07) is 8.22. The summed E-state index contributed by atoms with van der Waals surface area (Å²) in [6.07, 6.45) is 4.64. The van der Waals surface area contributed by atoms with Gasteiger partial charge in [-0.25, -0.2) is 9.98 Å². The van der Waals surface area contributed by atoms with E-state index < -0.39 is 0 Å². The number of aliphatic imine (C=N–C) groups is 1. The maximum absolute atomic E-state index is 5.99. The number of ether oxygens (including phenoxy) is 1. The van der Waals surface area contributed by atoms with Gasteiger partial charge in [0.1, 0.15) is 5.75 Å². The molecule has 2 N–H and O–H groups in total. The summed E-state index contributed by atoms with van der Waals surface area (Å²) in [4.78, 5) is 9.25. The van der Waals surface area contributed by atoms with Crippen LogP contribution in [0.3, 0.4) is 0 Å². The number of hydrogen-bond donors (Lipinski definition) is 2. The molecule has 5 nitrogen and oxygen atoms in total. The van der Waals surface area contributed by atoms with Gasteiger partial charge in [0.05, 0.1) is 18.2 Å². The van der Waals surface area contributed by atoms with Gasteiger partial charge in [0.25, 0.3) is 0 Å². The highest BCUT2D eigenvalue weighted by Gasteiger charge is 2.22. The van der Waals surface area contributed by atoms with Crippen molar-refractivity contribution in [2.24, 2.45) is 10.9 Å². The van der Waals surface area contributed by atoms with Crippen molar-refractivity contribution < 1.29 is 4.74 Å². The Labute approximate surface area is 166 Å². The smallest absolute Gasteiger partial charge is 0.191 e. The first-order valence-electron chi connectivity index (χ1n) is 9.88. The number of para-hydroxylation sites is 1. The van der Waals surface area contributed by atoms with Crippen LogP contribution in [0.5, 0.6) is 5.75 Å². The largest absolute Gasteiger partial charge is 0.493 e. The highest BCUT2D eigenvalue weighted by atomic mass is 32.1. The third-order valence-corrected chi connectivity index (χ3v) is 5.45. The first-order valence-corrected chi connectivity index (χ1v) is 10.8. The van der Waals surface area contributed by atoms with Crippen LogP contribution in [0, 0.1) is 12.8 Å². The molecule has 1 heterocycles. The fraction of sp³-hybridized carbons (Fsp3) is 0.524. The number of hydrogen-bond acceptors (Lipinski definition) is 4. The molecule has 6 heteroatoms. The molecule has 1 aromatic carbocycles. The van der Waals surface area contributed by atoms with Crippen LogP contribution in [0.25, 0.3) is 0 Å². The predicted octanol–water partition coefficient (Wildman–Crippen LogP) is 3.93. The Hall–Kier alpha value is -2.08. The summed E-state index contributed by atoms with van der Waals surface area (Å²) < 4.78 is 5.99. The average molecular weight is 387 g/mol. The number of nitrogens with zero attached hydrogens (tertiary/aromatic N) is 2. The summed E-state index contributed by atoms with van der Waals surface area (Å²) in [5.74, 6) is 2.56. The lowest BCUT2D eigenvalue weighted by Gasteiger charge is -2.13. The van der Waals surface area contributed by atoms with Gasteiger partial charge in [-0.05, 0) is 45.1 Å². The molecule has 0 radical (unpaired) electrons. The second-order valence-electron chi connectivity index (χ2n) is 6.97. The molecule has 3 rings (SSSR count). The summed E-state index contributed by atoms with van der Waals surface area (Å²) >= 11 is 1.74. The quantitative estimate of drug-likeness (QED) is 0.369. The van der Waals surface area contributed by atoms with Crippen LogP contribution in [-0.2, 0) is 13.0 Å². The molecule has 0 amide bonds. The number of nitrogens with one attached hydrogen (secondary N) is 2. The molecule has 1 aromatic heterocycles. The number of aromatic nitrogens is 1. The standard InChI is InChI=1S/C21H30N4OS/c1-3-22-21(23-12-6-9-20-25-16(2)15-27-20)24-13-18-7-4-5-8-19(18)26-14-17-10-11-17/h4-5,7-8,15,17H,3,6,9-14H2,1-2H3,(H2,22,23,24). The van der Waals surface area contributed by atoms with Gasteiger partial charge in [-0.1, -0.05) is 18.2 Å². The van der Waals surface area contributed by atoms with Crippen molar-refractivity contribution in [1.29, 1.82) is 0 Å². The first-order chi connectivity index (χ1) is 13.2. The van der Waals surface area contributed by atoms with Crippen LogP contribution in [0.2, 0.25) is 0 Å². The zero-order valence-electron chi connectivity index (χ0n) is 16.3. The van der Waals surface area contributed by atoms with Gasteiger partial charge in [0.15, 0.2) is 5.96 Å². The molecule has 1 aliphatic rings. The molecule has 2 aromatic rings. The minimum atomic E-state index is 0.613. The molecular formula is C21H30N4OS. The van der Waals surface area contributed by atoms with Gasteiger partial charge in [0, 0.05) is 36.1 Å². The number of guanidine groups is 1. The molecule has 0 aliphatic heterocycles. The van der Waals surface area contributed by atoms with E-state index in [2.05, 4.69) is 34.0 Å². The third kappa shape index (κ3) is 6.86. The molecular weight excluding hydrogens is 356 g/mol. The Morgan fingerprint density at radius 1 is 1.30 bits per heavy atom. The third-order valence-electron chi connectivity index (χ3n) is 4.42. The van der Waals surface area contributed by atoms with E-state index >= 15 is 0 Å². The van der Waals surface area contributed by atoms with Gasteiger partial charge in [-0.2, -0.15) is 0 Å². The molecule has 0 spiro atoms. The number of rotatable bonds is 10. The number of thiazole rings is 1. The maximum Gasteiger partial charge on any atom is 0.191 e. The van der Waals surface area contributed by atoms with Crippen molar-refractivity contribution in [3.05, 3.63) is 45.9 Å². The van der Waals surface area contributed by atoms with E-state index in [1.807, 2.05) is 25.1 Å². The Morgan fingerprint density at radius 2 is 2.15 bits per heavy atom. The molecule has 1 aliphatic carbocycles. The topological polar surface area (TPSA) is 58.5 Å². The summed E-state index contributed by atoms with van der Waals surface area (Å²) in [7, 11) is 0. The molecule has 146 valence electrons. The molecule has 0 unspecified atom stereocenters. The van der Waals surface area contributed by atoms with Crippen LogP contribution >= 0.6 is 11.3 Å². The maximum atomic E-state index is 5.99. The van der Waals surface area contributed by atoms with E-state index in [1.54, 1.807) is 11.3 Å². The first kappa shape index (κ1) is 19.7. The average Bonchev–Trinajstić information content (AvgIpc) is 3.42. The Bertz CT molecular complexity index is 739. The second-order valence-corrected chi connectivity index (χ2v) is 7.91. The van der Waals surface area contributed by atoms with Gasteiger partial charge in [-0.15, -0.1) is 11.3 Å². The summed E-state index contributed by atoms with van der Waals surface area (Å²) in [5, 5.41) is 10.1. The normalized spacial score (nSPS) is 14.2. The minimum Gasteiger partial charge on any atom is -0.493 e. The Balaban J connectivity index is 1.49. The zero-order valence-corrected chi connectivity index (χ0v) is 17.1. The summed E-state index contributed by atoms with van der Waals surface area (Å²) in [5.41, 5.74) is 2.24. The van der Waals surface area contributed by atoms with E-state index in [-0.39, 0.29) is 0 Å². The van der Waals surface area contributed by atoms with Crippen LogP contribution < -0.4 is 15.4 Å². The van der Waals surface area contributed by atoms with Gasteiger partial charge in [0.2, 0.25) is 0 Å². The molecule has 1 saturated carbocycles. The van der Waals surface area contributed by atoms with Gasteiger partial charge in [-0.3, -0.25) is 0 Å². The number of aryl methyl sites for hydroxylation is 2. The van der Waals surface area contributed by atoms with Crippen LogP contribution in [0.1, 0.15) is 42.5 Å². The van der Waals surface area contributed by atoms with E-state index in [0.29, 0.717) is 6.54 Å². The predicted molar refractivity (Wildman–Crippen MR) is 113 cm³/mol. The molecule has 0 bridgehead atoms. The second kappa shape index (κ2) is 10.3. The van der Waals surface area contributed by atoms with Crippen molar-refractivity contribution in [3.8, 4) is 5.75 Å². The Kier molecular flexibility index (Phi) is 7.51. The van der Waals surface area contributed by atoms with E-state index in [4.69, 9.17) is 9.73 Å². The molecule has 0 saturated heterocycles. The van der Waals surface area contributed by atoms with Gasteiger partial charge >= 0.3 is 0 Å². The lowest BCUT2D eigenvalue weighted by molar-refractivity contribution is 0.297. The molecule has 1 fully saturated rings. The van der Waals surface area contributed by atoms with Crippen molar-refractivity contribution in [3.63, 3.8) is 0 Å². The highest BCUT2D eigenvalue weighted by Crippen LogP contribution is 2.30. The monoisotopic (exact) mass is 386 g/mol.